The van der Waals surface area contributed by atoms with Gasteiger partial charge in [-0.1, -0.05) is 110 Å². The molecule has 1 atom stereocenters. The van der Waals surface area contributed by atoms with E-state index in [0.29, 0.717) is 16.7 Å². The standard InChI is InChI=1S/C34H33NO4/c36-32(26-11-3-1-4-12-26)33(37)27-20-18-24(19-21-27)22-28(34(38)35-29-14-5-2-6-15-29)23-39-31-17-9-13-25-10-7-8-16-30(25)31/h1,3-4,7-13,16-22,29,32,36H,2,5-6,14-15,23H2,(H,35,38)/b28-22+. The Labute approximate surface area is 229 Å². The fourth-order valence-corrected chi connectivity index (χ4v) is 5.06. The minimum Gasteiger partial charge on any atom is -0.488 e. The molecule has 0 aliphatic heterocycles. The highest BCUT2D eigenvalue weighted by atomic mass is 16.5. The van der Waals surface area contributed by atoms with E-state index in [1.54, 1.807) is 48.5 Å². The zero-order chi connectivity index (χ0) is 27.0. The van der Waals surface area contributed by atoms with Gasteiger partial charge in [0.1, 0.15) is 18.5 Å². The second kappa shape index (κ2) is 12.5. The normalized spacial score (nSPS) is 15.1. The minimum atomic E-state index is -1.22. The maximum absolute atomic E-state index is 13.4. The van der Waals surface area contributed by atoms with Crippen molar-refractivity contribution in [2.24, 2.45) is 0 Å². The number of fused-ring (bicyclic) bond motifs is 1. The van der Waals surface area contributed by atoms with Crippen molar-refractivity contribution in [3.63, 3.8) is 0 Å². The average molecular weight is 520 g/mol. The maximum atomic E-state index is 13.4. The Morgan fingerprint density at radius 1 is 0.846 bits per heavy atom. The molecule has 1 saturated carbocycles. The first-order chi connectivity index (χ1) is 19.1. The lowest BCUT2D eigenvalue weighted by molar-refractivity contribution is -0.118. The number of aliphatic hydroxyl groups is 1. The van der Waals surface area contributed by atoms with Crippen molar-refractivity contribution in [2.75, 3.05) is 6.61 Å². The molecule has 0 saturated heterocycles. The van der Waals surface area contributed by atoms with E-state index in [-0.39, 0.29) is 24.3 Å². The largest absolute Gasteiger partial charge is 0.488 e. The molecule has 1 aliphatic rings. The molecule has 4 aromatic rings. The third-order valence-corrected chi connectivity index (χ3v) is 7.26. The molecule has 1 amide bonds. The van der Waals surface area contributed by atoms with E-state index in [1.165, 1.54) is 6.42 Å². The van der Waals surface area contributed by atoms with Gasteiger partial charge in [-0.3, -0.25) is 9.59 Å². The fourth-order valence-electron chi connectivity index (χ4n) is 5.06. The van der Waals surface area contributed by atoms with Gasteiger partial charge < -0.3 is 15.2 Å². The topological polar surface area (TPSA) is 75.6 Å². The van der Waals surface area contributed by atoms with Crippen molar-refractivity contribution >= 4 is 28.5 Å². The van der Waals surface area contributed by atoms with Crippen LogP contribution >= 0.6 is 0 Å². The average Bonchev–Trinajstić information content (AvgIpc) is 2.99. The summed E-state index contributed by atoms with van der Waals surface area (Å²) in [7, 11) is 0. The summed E-state index contributed by atoms with van der Waals surface area (Å²) in [5.74, 6) is 0.216. The second-order valence-corrected chi connectivity index (χ2v) is 10.0. The van der Waals surface area contributed by atoms with E-state index in [1.807, 2.05) is 54.6 Å². The van der Waals surface area contributed by atoms with Crippen LogP contribution in [0.5, 0.6) is 5.75 Å². The highest BCUT2D eigenvalue weighted by Crippen LogP contribution is 2.26. The summed E-state index contributed by atoms with van der Waals surface area (Å²) in [5.41, 5.74) is 2.25. The molecule has 39 heavy (non-hydrogen) atoms. The van der Waals surface area contributed by atoms with Gasteiger partial charge in [0, 0.05) is 17.0 Å². The Bertz CT molecular complexity index is 1450. The molecule has 5 heteroatoms. The Morgan fingerprint density at radius 2 is 1.54 bits per heavy atom. The predicted molar refractivity (Wildman–Crippen MR) is 155 cm³/mol. The van der Waals surface area contributed by atoms with Gasteiger partial charge in [0.25, 0.3) is 5.91 Å². The molecule has 198 valence electrons. The van der Waals surface area contributed by atoms with E-state index >= 15 is 0 Å². The lowest BCUT2D eigenvalue weighted by Gasteiger charge is -2.23. The van der Waals surface area contributed by atoms with Crippen LogP contribution in [0.15, 0.2) is 103 Å². The Hall–Kier alpha value is -4.22. The molecule has 1 unspecified atom stereocenters. The van der Waals surface area contributed by atoms with Crippen LogP contribution in [0.1, 0.15) is 59.7 Å². The molecule has 1 aliphatic carbocycles. The summed E-state index contributed by atoms with van der Waals surface area (Å²) < 4.78 is 6.19. The SMILES string of the molecule is O=C(NC1CCCCC1)/C(=C/c1ccc(C(=O)C(O)c2ccccc2)cc1)COc1cccc2ccccc12. The number of nitrogens with one attached hydrogen (secondary N) is 1. The molecule has 5 nitrogen and oxygen atoms in total. The molecular formula is C34H33NO4. The minimum absolute atomic E-state index is 0.111. The summed E-state index contributed by atoms with van der Waals surface area (Å²) >= 11 is 0. The molecule has 5 rings (SSSR count). The highest BCUT2D eigenvalue weighted by molar-refractivity contribution is 6.01. The molecule has 0 aromatic heterocycles. The molecule has 4 aromatic carbocycles. The number of carbonyl (C=O) groups is 2. The smallest absolute Gasteiger partial charge is 0.250 e. The number of ketones is 1. The summed E-state index contributed by atoms with van der Waals surface area (Å²) in [6, 6.07) is 29.9. The summed E-state index contributed by atoms with van der Waals surface area (Å²) in [6.07, 6.45) is 6.03. The van der Waals surface area contributed by atoms with Gasteiger partial charge in [-0.05, 0) is 41.5 Å². The fraction of sp³-hybridized carbons (Fsp3) is 0.235. The van der Waals surface area contributed by atoms with Crippen LogP contribution in [0, 0.1) is 0 Å². The number of hydrogen-bond acceptors (Lipinski definition) is 4. The van der Waals surface area contributed by atoms with Crippen LogP contribution in [0.3, 0.4) is 0 Å². The number of carbonyl (C=O) groups excluding carboxylic acids is 2. The number of aliphatic hydroxyl groups excluding tert-OH is 1. The third-order valence-electron chi connectivity index (χ3n) is 7.26. The zero-order valence-corrected chi connectivity index (χ0v) is 21.9. The Morgan fingerprint density at radius 3 is 2.31 bits per heavy atom. The van der Waals surface area contributed by atoms with Crippen molar-refractivity contribution < 1.29 is 19.4 Å². The van der Waals surface area contributed by atoms with Gasteiger partial charge in [-0.15, -0.1) is 0 Å². The molecule has 0 bridgehead atoms. The molecule has 0 heterocycles. The van der Waals surface area contributed by atoms with Crippen LogP contribution in [-0.4, -0.2) is 29.4 Å². The summed E-state index contributed by atoms with van der Waals surface area (Å²) in [4.78, 5) is 26.2. The van der Waals surface area contributed by atoms with Crippen molar-refractivity contribution in [2.45, 2.75) is 44.2 Å². The van der Waals surface area contributed by atoms with Crippen LogP contribution in [0.25, 0.3) is 16.8 Å². The summed E-state index contributed by atoms with van der Waals surface area (Å²) in [6.45, 7) is 0.111. The van der Waals surface area contributed by atoms with Gasteiger partial charge in [-0.2, -0.15) is 0 Å². The molecule has 0 spiro atoms. The van der Waals surface area contributed by atoms with E-state index < -0.39 is 6.10 Å². The van der Waals surface area contributed by atoms with Crippen molar-refractivity contribution in [3.8, 4) is 5.75 Å². The number of hydrogen-bond donors (Lipinski definition) is 2. The van der Waals surface area contributed by atoms with Gasteiger partial charge in [0.05, 0.1) is 5.57 Å². The molecular weight excluding hydrogens is 486 g/mol. The Balaban J connectivity index is 1.36. The van der Waals surface area contributed by atoms with Crippen molar-refractivity contribution in [3.05, 3.63) is 119 Å². The van der Waals surface area contributed by atoms with Gasteiger partial charge in [-0.25, -0.2) is 0 Å². The van der Waals surface area contributed by atoms with E-state index in [0.717, 1.165) is 47.8 Å². The van der Waals surface area contributed by atoms with E-state index in [2.05, 4.69) is 5.32 Å². The van der Waals surface area contributed by atoms with Crippen molar-refractivity contribution in [1.82, 2.24) is 5.32 Å². The van der Waals surface area contributed by atoms with E-state index in [4.69, 9.17) is 4.74 Å². The summed E-state index contributed by atoms with van der Waals surface area (Å²) in [5, 5.41) is 15.8. The van der Waals surface area contributed by atoms with Crippen LogP contribution in [0.4, 0.5) is 0 Å². The molecule has 0 radical (unpaired) electrons. The lowest BCUT2D eigenvalue weighted by atomic mass is 9.95. The highest BCUT2D eigenvalue weighted by Gasteiger charge is 2.20. The number of rotatable bonds is 9. The molecule has 1 fully saturated rings. The zero-order valence-electron chi connectivity index (χ0n) is 21.9. The second-order valence-electron chi connectivity index (χ2n) is 10.0. The van der Waals surface area contributed by atoms with E-state index in [9.17, 15) is 14.7 Å². The first-order valence-electron chi connectivity index (χ1n) is 13.6. The number of amides is 1. The number of ether oxygens (including phenoxy) is 1. The van der Waals surface area contributed by atoms with Crippen LogP contribution < -0.4 is 10.1 Å². The first-order valence-corrected chi connectivity index (χ1v) is 13.6. The quantitative estimate of drug-likeness (QED) is 0.191. The van der Waals surface area contributed by atoms with Crippen LogP contribution in [-0.2, 0) is 4.79 Å². The van der Waals surface area contributed by atoms with Gasteiger partial charge in [0.15, 0.2) is 5.78 Å². The lowest BCUT2D eigenvalue weighted by Crippen LogP contribution is -2.38. The first kappa shape index (κ1) is 26.4. The monoisotopic (exact) mass is 519 g/mol. The third kappa shape index (κ3) is 6.62. The number of Topliss-reactive ketones (excluding diaryl/α,β-unsaturated/α-hetero) is 1. The maximum Gasteiger partial charge on any atom is 0.250 e. The van der Waals surface area contributed by atoms with Gasteiger partial charge >= 0.3 is 0 Å². The number of benzene rings is 4. The van der Waals surface area contributed by atoms with Gasteiger partial charge in [0.2, 0.25) is 0 Å². The van der Waals surface area contributed by atoms with Crippen molar-refractivity contribution in [1.29, 1.82) is 0 Å². The predicted octanol–water partition coefficient (Wildman–Crippen LogP) is 6.67. The molecule has 2 N–H and O–H groups in total. The Kier molecular flexibility index (Phi) is 8.49. The van der Waals surface area contributed by atoms with Crippen LogP contribution in [0.2, 0.25) is 0 Å².